The number of hydrogen-bond acceptors (Lipinski definition) is 4. The summed E-state index contributed by atoms with van der Waals surface area (Å²) in [6.45, 7) is 0.499. The van der Waals surface area contributed by atoms with Gasteiger partial charge >= 0.3 is 0 Å². The Bertz CT molecular complexity index is 804. The first-order valence-electron chi connectivity index (χ1n) is 8.41. The summed E-state index contributed by atoms with van der Waals surface area (Å²) < 4.78 is 13.3. The Balaban J connectivity index is 1.53. The van der Waals surface area contributed by atoms with Gasteiger partial charge in [-0.15, -0.1) is 0 Å². The molecule has 3 fully saturated rings. The minimum Gasteiger partial charge on any atom is -0.391 e. The molecule has 3 aliphatic rings. The summed E-state index contributed by atoms with van der Waals surface area (Å²) in [4.78, 5) is 40.8. The van der Waals surface area contributed by atoms with Crippen LogP contribution in [0, 0.1) is 5.82 Å². The molecule has 0 radical (unpaired) electrons. The summed E-state index contributed by atoms with van der Waals surface area (Å²) in [7, 11) is 0. The predicted octanol–water partition coefficient (Wildman–Crippen LogP) is 0.154. The third-order valence-corrected chi connectivity index (χ3v) is 5.57. The zero-order chi connectivity index (χ0) is 18.6. The summed E-state index contributed by atoms with van der Waals surface area (Å²) in [5.41, 5.74) is 0.180. The number of nitrogens with one attached hydrogen (secondary N) is 1. The second kappa shape index (κ2) is 6.21. The molecule has 1 aromatic carbocycles. The average Bonchev–Trinajstić information content (AvgIpc) is 3.19. The van der Waals surface area contributed by atoms with Crippen LogP contribution in [-0.4, -0.2) is 69.9 Å². The Labute approximate surface area is 153 Å². The Hall–Kier alpha value is -2.19. The fourth-order valence-electron chi connectivity index (χ4n) is 4.04. The molecule has 3 saturated heterocycles. The first kappa shape index (κ1) is 17.2. The van der Waals surface area contributed by atoms with E-state index >= 15 is 0 Å². The number of nitrogens with zero attached hydrogens (tertiary/aromatic N) is 2. The molecule has 0 saturated carbocycles. The molecule has 4 rings (SSSR count). The van der Waals surface area contributed by atoms with Crippen LogP contribution < -0.4 is 5.32 Å². The zero-order valence-electron chi connectivity index (χ0n) is 13.7. The summed E-state index contributed by atoms with van der Waals surface area (Å²) in [5, 5.41) is 12.4. The van der Waals surface area contributed by atoms with Gasteiger partial charge in [0.15, 0.2) is 0 Å². The SMILES string of the molecule is O=C(N[C@H]1CCN2C(=O)[C@@H]3C[C@@H](O)CN3C(=O)[C@H]12)c1ccc(F)c(Cl)c1. The third-order valence-electron chi connectivity index (χ3n) is 5.28. The summed E-state index contributed by atoms with van der Waals surface area (Å²) in [6.07, 6.45) is -0.00695. The Kier molecular flexibility index (Phi) is 4.11. The molecular weight excluding hydrogens is 365 g/mol. The van der Waals surface area contributed by atoms with E-state index in [0.29, 0.717) is 13.0 Å². The van der Waals surface area contributed by atoms with E-state index in [-0.39, 0.29) is 35.4 Å². The number of carbonyl (C=O) groups is 3. The normalized spacial score (nSPS) is 30.4. The minimum absolute atomic E-state index is 0.133. The van der Waals surface area contributed by atoms with E-state index < -0.39 is 36.0 Å². The maximum atomic E-state index is 13.3. The molecule has 3 heterocycles. The van der Waals surface area contributed by atoms with E-state index in [4.69, 9.17) is 11.6 Å². The molecule has 1 aromatic rings. The predicted molar refractivity (Wildman–Crippen MR) is 88.9 cm³/mol. The second-order valence-electron chi connectivity index (χ2n) is 6.87. The number of rotatable bonds is 2. The van der Waals surface area contributed by atoms with Crippen LogP contribution in [-0.2, 0) is 9.59 Å². The molecule has 26 heavy (non-hydrogen) atoms. The number of carbonyl (C=O) groups excluding carboxylic acids is 3. The molecule has 9 heteroatoms. The topological polar surface area (TPSA) is 89.9 Å². The molecule has 0 spiro atoms. The van der Waals surface area contributed by atoms with Gasteiger partial charge in [0.05, 0.1) is 17.2 Å². The first-order chi connectivity index (χ1) is 12.4. The van der Waals surface area contributed by atoms with Crippen molar-refractivity contribution in [2.75, 3.05) is 13.1 Å². The third kappa shape index (κ3) is 2.64. The van der Waals surface area contributed by atoms with Crippen molar-refractivity contribution in [2.45, 2.75) is 37.1 Å². The number of piperazine rings is 1. The molecule has 0 bridgehead atoms. The highest BCUT2D eigenvalue weighted by atomic mass is 35.5. The fourth-order valence-corrected chi connectivity index (χ4v) is 4.22. The van der Waals surface area contributed by atoms with Crippen LogP contribution in [0.15, 0.2) is 18.2 Å². The maximum absolute atomic E-state index is 13.3. The lowest BCUT2D eigenvalue weighted by atomic mass is 10.0. The van der Waals surface area contributed by atoms with Crippen molar-refractivity contribution in [3.63, 3.8) is 0 Å². The van der Waals surface area contributed by atoms with Crippen molar-refractivity contribution >= 4 is 29.3 Å². The number of halogens is 2. The van der Waals surface area contributed by atoms with Gasteiger partial charge in [0.2, 0.25) is 11.8 Å². The Morgan fingerprint density at radius 1 is 1.27 bits per heavy atom. The van der Waals surface area contributed by atoms with Crippen LogP contribution in [0.1, 0.15) is 23.2 Å². The van der Waals surface area contributed by atoms with E-state index in [9.17, 15) is 23.9 Å². The summed E-state index contributed by atoms with van der Waals surface area (Å²) in [6, 6.07) is 1.71. The van der Waals surface area contributed by atoms with Crippen molar-refractivity contribution in [1.29, 1.82) is 0 Å². The van der Waals surface area contributed by atoms with Gasteiger partial charge in [0.1, 0.15) is 17.9 Å². The van der Waals surface area contributed by atoms with E-state index in [0.717, 1.165) is 6.07 Å². The molecule has 138 valence electrons. The van der Waals surface area contributed by atoms with Crippen LogP contribution in [0.2, 0.25) is 5.02 Å². The molecule has 3 amide bonds. The number of fused-ring (bicyclic) bond motifs is 2. The van der Waals surface area contributed by atoms with Crippen molar-refractivity contribution < 1.29 is 23.9 Å². The van der Waals surface area contributed by atoms with Gasteiger partial charge in [0, 0.05) is 25.1 Å². The molecule has 0 aliphatic carbocycles. The average molecular weight is 382 g/mol. The molecule has 2 N–H and O–H groups in total. The van der Waals surface area contributed by atoms with Gasteiger partial charge in [-0.1, -0.05) is 11.6 Å². The van der Waals surface area contributed by atoms with Crippen molar-refractivity contribution in [2.24, 2.45) is 0 Å². The van der Waals surface area contributed by atoms with Crippen molar-refractivity contribution in [3.05, 3.63) is 34.6 Å². The van der Waals surface area contributed by atoms with Crippen molar-refractivity contribution in [3.8, 4) is 0 Å². The highest BCUT2D eigenvalue weighted by Gasteiger charge is 2.54. The second-order valence-corrected chi connectivity index (χ2v) is 7.28. The first-order valence-corrected chi connectivity index (χ1v) is 8.79. The van der Waals surface area contributed by atoms with Gasteiger partial charge in [-0.05, 0) is 24.6 Å². The van der Waals surface area contributed by atoms with Gasteiger partial charge < -0.3 is 20.2 Å². The highest BCUT2D eigenvalue weighted by Crippen LogP contribution is 2.32. The Morgan fingerprint density at radius 3 is 2.77 bits per heavy atom. The molecule has 0 unspecified atom stereocenters. The largest absolute Gasteiger partial charge is 0.391 e. The van der Waals surface area contributed by atoms with E-state index in [1.807, 2.05) is 0 Å². The van der Waals surface area contributed by atoms with E-state index in [1.165, 1.54) is 21.9 Å². The molecule has 7 nitrogen and oxygen atoms in total. The highest BCUT2D eigenvalue weighted by molar-refractivity contribution is 6.31. The number of hydrogen-bond donors (Lipinski definition) is 2. The summed E-state index contributed by atoms with van der Waals surface area (Å²) >= 11 is 5.71. The quantitative estimate of drug-likeness (QED) is 0.763. The van der Waals surface area contributed by atoms with Gasteiger partial charge in [0.25, 0.3) is 5.91 Å². The van der Waals surface area contributed by atoms with Crippen LogP contribution in [0.3, 0.4) is 0 Å². The van der Waals surface area contributed by atoms with Crippen molar-refractivity contribution in [1.82, 2.24) is 15.1 Å². The molecular formula is C17H17ClFN3O4. The standard InChI is InChI=1S/C17H17ClFN3O4/c18-10-5-8(1-2-11(10)19)15(24)20-12-3-4-21-14(12)17(26)22-7-9(23)6-13(22)16(21)25/h1-2,5,9,12-14,23H,3-4,6-7H2,(H,20,24)/t9-,12+,13+,14+/m1/s1. The Morgan fingerprint density at radius 2 is 2.04 bits per heavy atom. The van der Waals surface area contributed by atoms with E-state index in [2.05, 4.69) is 5.32 Å². The fraction of sp³-hybridized carbons (Fsp3) is 0.471. The van der Waals surface area contributed by atoms with Gasteiger partial charge in [-0.2, -0.15) is 0 Å². The zero-order valence-corrected chi connectivity index (χ0v) is 14.4. The smallest absolute Gasteiger partial charge is 0.251 e. The van der Waals surface area contributed by atoms with Crippen LogP contribution >= 0.6 is 11.6 Å². The van der Waals surface area contributed by atoms with Crippen LogP contribution in [0.25, 0.3) is 0 Å². The van der Waals surface area contributed by atoms with Gasteiger partial charge in [-0.3, -0.25) is 14.4 Å². The summed E-state index contributed by atoms with van der Waals surface area (Å²) in [5.74, 6) is -1.55. The number of aliphatic hydroxyl groups excluding tert-OH is 1. The number of amides is 3. The molecule has 4 atom stereocenters. The number of aliphatic hydroxyl groups is 1. The lowest BCUT2D eigenvalue weighted by Gasteiger charge is -2.40. The maximum Gasteiger partial charge on any atom is 0.251 e. The van der Waals surface area contributed by atoms with Crippen LogP contribution in [0.4, 0.5) is 4.39 Å². The number of benzene rings is 1. The van der Waals surface area contributed by atoms with E-state index in [1.54, 1.807) is 0 Å². The van der Waals surface area contributed by atoms with Crippen LogP contribution in [0.5, 0.6) is 0 Å². The monoisotopic (exact) mass is 381 g/mol. The molecule has 0 aromatic heterocycles. The minimum atomic E-state index is -0.774. The molecule has 3 aliphatic heterocycles. The lowest BCUT2D eigenvalue weighted by Crippen LogP contribution is -2.64. The van der Waals surface area contributed by atoms with Gasteiger partial charge in [-0.25, -0.2) is 4.39 Å². The lowest BCUT2D eigenvalue weighted by molar-refractivity contribution is -0.157.